The van der Waals surface area contributed by atoms with Crippen molar-refractivity contribution in [2.75, 3.05) is 0 Å². The number of halogens is 1. The van der Waals surface area contributed by atoms with E-state index in [9.17, 15) is 4.79 Å². The van der Waals surface area contributed by atoms with Crippen molar-refractivity contribution in [1.82, 2.24) is 10.4 Å². The highest BCUT2D eigenvalue weighted by Gasteiger charge is 2.09. The Hall–Kier alpha value is -2.40. The van der Waals surface area contributed by atoms with Crippen LogP contribution in [0.4, 0.5) is 0 Å². The van der Waals surface area contributed by atoms with Crippen LogP contribution in [0.25, 0.3) is 10.9 Å². The maximum Gasteiger partial charge on any atom is 0.273 e. The van der Waals surface area contributed by atoms with Crippen LogP contribution < -0.4 is 5.43 Å². The van der Waals surface area contributed by atoms with E-state index in [0.717, 1.165) is 20.9 Å². The van der Waals surface area contributed by atoms with E-state index in [2.05, 4.69) is 31.4 Å². The van der Waals surface area contributed by atoms with Crippen LogP contribution in [-0.2, 0) is 0 Å². The molecule has 1 aromatic heterocycles. The summed E-state index contributed by atoms with van der Waals surface area (Å²) in [7, 11) is 0. The van der Waals surface area contributed by atoms with E-state index in [1.807, 2.05) is 48.7 Å². The summed E-state index contributed by atoms with van der Waals surface area (Å²) in [5.74, 6) is -0.239. The Balaban J connectivity index is 1.74. The molecule has 0 unspecified atom stereocenters. The minimum Gasteiger partial charge on any atom is -0.361 e. The highest BCUT2D eigenvalue weighted by Crippen LogP contribution is 2.16. The predicted octanol–water partition coefficient (Wildman–Crippen LogP) is 3.69. The zero-order valence-corrected chi connectivity index (χ0v) is 12.6. The first-order valence-corrected chi connectivity index (χ1v) is 7.18. The van der Waals surface area contributed by atoms with Crippen molar-refractivity contribution < 1.29 is 4.79 Å². The van der Waals surface area contributed by atoms with E-state index in [4.69, 9.17) is 0 Å². The molecule has 3 aromatic rings. The van der Waals surface area contributed by atoms with Gasteiger partial charge in [-0.2, -0.15) is 5.10 Å². The SMILES string of the molecule is O=C(N/N=C/c1ccc(Br)cc1)c1cccc2cc[nH]c12. The lowest BCUT2D eigenvalue weighted by molar-refractivity contribution is 0.0956. The number of nitrogens with one attached hydrogen (secondary N) is 2. The number of H-pyrrole nitrogens is 1. The molecule has 1 heterocycles. The maximum atomic E-state index is 12.1. The number of rotatable bonds is 3. The third kappa shape index (κ3) is 3.03. The molecule has 2 aromatic carbocycles. The highest BCUT2D eigenvalue weighted by atomic mass is 79.9. The van der Waals surface area contributed by atoms with Crippen molar-refractivity contribution in [1.29, 1.82) is 0 Å². The summed E-state index contributed by atoms with van der Waals surface area (Å²) < 4.78 is 1.00. The fourth-order valence-electron chi connectivity index (χ4n) is 2.05. The summed E-state index contributed by atoms with van der Waals surface area (Å²) in [6.07, 6.45) is 3.42. The summed E-state index contributed by atoms with van der Waals surface area (Å²) in [4.78, 5) is 15.2. The number of aromatic amines is 1. The Morgan fingerprint density at radius 2 is 1.95 bits per heavy atom. The number of para-hydroxylation sites is 1. The topological polar surface area (TPSA) is 57.2 Å². The summed E-state index contributed by atoms with van der Waals surface area (Å²) in [6, 6.07) is 15.2. The number of hydrogen-bond acceptors (Lipinski definition) is 2. The lowest BCUT2D eigenvalue weighted by Crippen LogP contribution is -2.17. The minimum absolute atomic E-state index is 0.239. The summed E-state index contributed by atoms with van der Waals surface area (Å²) in [5.41, 5.74) is 4.84. The van der Waals surface area contributed by atoms with Gasteiger partial charge in [0.15, 0.2) is 0 Å². The molecule has 0 spiro atoms. The van der Waals surface area contributed by atoms with E-state index < -0.39 is 0 Å². The molecule has 2 N–H and O–H groups in total. The van der Waals surface area contributed by atoms with Gasteiger partial charge in [0.25, 0.3) is 5.91 Å². The first kappa shape index (κ1) is 13.6. The van der Waals surface area contributed by atoms with Crippen LogP contribution in [0, 0.1) is 0 Å². The van der Waals surface area contributed by atoms with Crippen molar-refractivity contribution >= 4 is 39.0 Å². The summed E-state index contributed by atoms with van der Waals surface area (Å²) >= 11 is 3.37. The van der Waals surface area contributed by atoms with Gasteiger partial charge in [0.1, 0.15) is 0 Å². The molecule has 3 rings (SSSR count). The third-order valence-corrected chi connectivity index (χ3v) is 3.61. The van der Waals surface area contributed by atoms with E-state index in [0.29, 0.717) is 5.56 Å². The van der Waals surface area contributed by atoms with E-state index >= 15 is 0 Å². The molecular weight excluding hydrogens is 330 g/mol. The van der Waals surface area contributed by atoms with Gasteiger partial charge >= 0.3 is 0 Å². The van der Waals surface area contributed by atoms with Gasteiger partial charge in [-0.1, -0.05) is 40.2 Å². The van der Waals surface area contributed by atoms with Crippen molar-refractivity contribution in [2.24, 2.45) is 5.10 Å². The molecule has 1 amide bonds. The van der Waals surface area contributed by atoms with Crippen molar-refractivity contribution in [2.45, 2.75) is 0 Å². The molecule has 0 aliphatic carbocycles. The first-order chi connectivity index (χ1) is 10.2. The van der Waals surface area contributed by atoms with Crippen LogP contribution >= 0.6 is 15.9 Å². The molecule has 21 heavy (non-hydrogen) atoms. The second-order valence-electron chi connectivity index (χ2n) is 4.50. The molecule has 0 fully saturated rings. The van der Waals surface area contributed by atoms with Crippen LogP contribution in [0.1, 0.15) is 15.9 Å². The van der Waals surface area contributed by atoms with Gasteiger partial charge in [-0.05, 0) is 29.8 Å². The number of benzene rings is 2. The zero-order valence-electron chi connectivity index (χ0n) is 11.0. The number of aromatic nitrogens is 1. The first-order valence-electron chi connectivity index (χ1n) is 6.39. The Kier molecular flexibility index (Phi) is 3.83. The zero-order chi connectivity index (χ0) is 14.7. The summed E-state index contributed by atoms with van der Waals surface area (Å²) in [5, 5.41) is 4.98. The Bertz CT molecular complexity index is 806. The average Bonchev–Trinajstić information content (AvgIpc) is 2.97. The van der Waals surface area contributed by atoms with Gasteiger partial charge in [0.2, 0.25) is 0 Å². The Labute approximate surface area is 130 Å². The van der Waals surface area contributed by atoms with Gasteiger partial charge < -0.3 is 4.98 Å². The van der Waals surface area contributed by atoms with Crippen LogP contribution in [-0.4, -0.2) is 17.1 Å². The number of hydrogen-bond donors (Lipinski definition) is 2. The van der Waals surface area contributed by atoms with Crippen LogP contribution in [0.3, 0.4) is 0 Å². The smallest absolute Gasteiger partial charge is 0.273 e. The van der Waals surface area contributed by atoms with Crippen molar-refractivity contribution in [3.05, 3.63) is 70.3 Å². The lowest BCUT2D eigenvalue weighted by Gasteiger charge is -2.01. The van der Waals surface area contributed by atoms with Gasteiger partial charge in [-0.3, -0.25) is 4.79 Å². The number of carbonyl (C=O) groups excluding carboxylic acids is 1. The van der Waals surface area contributed by atoms with Gasteiger partial charge in [0.05, 0.1) is 17.3 Å². The number of fused-ring (bicyclic) bond motifs is 1. The molecule has 104 valence electrons. The van der Waals surface area contributed by atoms with Crippen molar-refractivity contribution in [3.8, 4) is 0 Å². The van der Waals surface area contributed by atoms with E-state index in [1.165, 1.54) is 0 Å². The second-order valence-corrected chi connectivity index (χ2v) is 5.41. The standard InChI is InChI=1S/C16H12BrN3O/c17-13-6-4-11(5-7-13)10-19-20-16(21)14-3-1-2-12-8-9-18-15(12)14/h1-10,18H,(H,20,21)/b19-10+. The number of amides is 1. The normalized spacial score (nSPS) is 11.1. The molecular formula is C16H12BrN3O. The lowest BCUT2D eigenvalue weighted by atomic mass is 10.1. The molecule has 0 aliphatic heterocycles. The van der Waals surface area contributed by atoms with Gasteiger partial charge in [-0.25, -0.2) is 5.43 Å². The highest BCUT2D eigenvalue weighted by molar-refractivity contribution is 9.10. The molecule has 4 nitrogen and oxygen atoms in total. The molecule has 0 saturated heterocycles. The molecule has 0 atom stereocenters. The Morgan fingerprint density at radius 3 is 2.76 bits per heavy atom. The number of hydrazone groups is 1. The fraction of sp³-hybridized carbons (Fsp3) is 0. The fourth-order valence-corrected chi connectivity index (χ4v) is 2.31. The minimum atomic E-state index is -0.239. The van der Waals surface area contributed by atoms with Gasteiger partial charge in [0, 0.05) is 16.1 Å². The molecule has 5 heteroatoms. The number of carbonyl (C=O) groups is 1. The predicted molar refractivity (Wildman–Crippen MR) is 87.5 cm³/mol. The molecule has 0 bridgehead atoms. The summed E-state index contributed by atoms with van der Waals surface area (Å²) in [6.45, 7) is 0. The third-order valence-electron chi connectivity index (χ3n) is 3.08. The quantitative estimate of drug-likeness (QED) is 0.553. The van der Waals surface area contributed by atoms with Gasteiger partial charge in [-0.15, -0.1) is 0 Å². The van der Waals surface area contributed by atoms with Crippen molar-refractivity contribution in [3.63, 3.8) is 0 Å². The second kappa shape index (κ2) is 5.93. The van der Waals surface area contributed by atoms with E-state index in [-0.39, 0.29) is 5.91 Å². The van der Waals surface area contributed by atoms with E-state index in [1.54, 1.807) is 12.3 Å². The maximum absolute atomic E-state index is 12.1. The molecule has 0 radical (unpaired) electrons. The average molecular weight is 342 g/mol. The monoisotopic (exact) mass is 341 g/mol. The van der Waals surface area contributed by atoms with Crippen LogP contribution in [0.15, 0.2) is 64.3 Å². The number of nitrogens with zero attached hydrogens (tertiary/aromatic N) is 1. The van der Waals surface area contributed by atoms with Crippen LogP contribution in [0.2, 0.25) is 0 Å². The molecule has 0 saturated carbocycles. The Morgan fingerprint density at radius 1 is 1.14 bits per heavy atom. The van der Waals surface area contributed by atoms with Crippen LogP contribution in [0.5, 0.6) is 0 Å². The molecule has 0 aliphatic rings. The largest absolute Gasteiger partial charge is 0.361 e.